The number of rotatable bonds is 0. The summed E-state index contributed by atoms with van der Waals surface area (Å²) in [5, 5.41) is 0. The van der Waals surface area contributed by atoms with Crippen molar-refractivity contribution in [2.75, 3.05) is 6.61 Å². The van der Waals surface area contributed by atoms with Gasteiger partial charge in [0.05, 0.1) is 6.10 Å². The van der Waals surface area contributed by atoms with E-state index in [4.69, 9.17) is 4.74 Å². The molecule has 1 aliphatic carbocycles. The molecule has 1 saturated heterocycles. The van der Waals surface area contributed by atoms with Crippen LogP contribution in [-0.4, -0.2) is 12.7 Å². The molecule has 0 aromatic carbocycles. The predicted molar refractivity (Wildman–Crippen MR) is 73.2 cm³/mol. The van der Waals surface area contributed by atoms with Crippen molar-refractivity contribution in [3.05, 3.63) is 11.6 Å². The molecule has 0 radical (unpaired) electrons. The summed E-state index contributed by atoms with van der Waals surface area (Å²) < 4.78 is 6.02. The van der Waals surface area contributed by atoms with Gasteiger partial charge in [-0.25, -0.2) is 0 Å². The van der Waals surface area contributed by atoms with Gasteiger partial charge in [0.2, 0.25) is 0 Å². The Labute approximate surface area is 107 Å². The van der Waals surface area contributed by atoms with Crippen LogP contribution in [0.4, 0.5) is 0 Å². The highest BCUT2D eigenvalue weighted by atomic mass is 16.5. The van der Waals surface area contributed by atoms with Crippen molar-refractivity contribution < 1.29 is 4.74 Å². The number of hydrogen-bond donors (Lipinski definition) is 0. The molecule has 1 heterocycles. The van der Waals surface area contributed by atoms with Crippen molar-refractivity contribution in [1.29, 1.82) is 0 Å². The van der Waals surface area contributed by atoms with E-state index in [0.717, 1.165) is 6.61 Å². The Morgan fingerprint density at radius 3 is 2.41 bits per heavy atom. The standard InChI is InChI=1S/C16H28O/c1-2-4-6-8-13-17-16-12-9-11-15(14-16)10-7-5-3-1/h11,16H,1-10,12-14H2. The Bertz CT molecular complexity index is 232. The lowest BCUT2D eigenvalue weighted by molar-refractivity contribution is 0.0421. The number of ether oxygens (including phenoxy) is 1. The molecule has 0 N–H and O–H groups in total. The zero-order chi connectivity index (χ0) is 11.8. The van der Waals surface area contributed by atoms with E-state index in [1.54, 1.807) is 5.57 Å². The van der Waals surface area contributed by atoms with Crippen molar-refractivity contribution in [2.45, 2.75) is 83.2 Å². The number of allylic oxidation sites excluding steroid dienone is 1. The van der Waals surface area contributed by atoms with E-state index in [2.05, 4.69) is 6.08 Å². The first-order valence-electron chi connectivity index (χ1n) is 7.74. The molecule has 0 spiro atoms. The van der Waals surface area contributed by atoms with Crippen LogP contribution in [0.5, 0.6) is 0 Å². The topological polar surface area (TPSA) is 9.23 Å². The van der Waals surface area contributed by atoms with Crippen molar-refractivity contribution in [3.8, 4) is 0 Å². The molecule has 0 amide bonds. The number of fused-ring (bicyclic) bond motifs is 2. The maximum atomic E-state index is 6.02. The monoisotopic (exact) mass is 236 g/mol. The molecule has 0 aromatic rings. The van der Waals surface area contributed by atoms with Gasteiger partial charge in [0.1, 0.15) is 0 Å². The van der Waals surface area contributed by atoms with Crippen LogP contribution in [0.3, 0.4) is 0 Å². The Morgan fingerprint density at radius 1 is 0.882 bits per heavy atom. The molecule has 1 fully saturated rings. The van der Waals surface area contributed by atoms with Crippen LogP contribution in [-0.2, 0) is 4.74 Å². The lowest BCUT2D eigenvalue weighted by Gasteiger charge is -2.23. The molecule has 1 heteroatoms. The van der Waals surface area contributed by atoms with Crippen LogP contribution >= 0.6 is 0 Å². The average molecular weight is 236 g/mol. The van der Waals surface area contributed by atoms with E-state index >= 15 is 0 Å². The van der Waals surface area contributed by atoms with Gasteiger partial charge in [0, 0.05) is 6.61 Å². The Morgan fingerprint density at radius 2 is 1.59 bits per heavy atom. The van der Waals surface area contributed by atoms with E-state index in [1.807, 2.05) is 0 Å². The molecule has 0 saturated carbocycles. The minimum atomic E-state index is 0.540. The SMILES string of the molecule is C1=C2CCCCCCCCCCOC(CC1)C2. The zero-order valence-electron chi connectivity index (χ0n) is 11.3. The molecule has 2 aliphatic rings. The third-order valence-electron chi connectivity index (χ3n) is 4.16. The molecule has 1 atom stereocenters. The Balaban J connectivity index is 1.78. The summed E-state index contributed by atoms with van der Waals surface area (Å²) in [6.07, 6.45) is 19.3. The maximum absolute atomic E-state index is 6.02. The second-order valence-corrected chi connectivity index (χ2v) is 5.72. The quantitative estimate of drug-likeness (QED) is 0.537. The second-order valence-electron chi connectivity index (χ2n) is 5.72. The third-order valence-corrected chi connectivity index (χ3v) is 4.16. The Kier molecular flexibility index (Phi) is 6.12. The van der Waals surface area contributed by atoms with E-state index < -0.39 is 0 Å². The lowest BCUT2D eigenvalue weighted by atomic mass is 9.92. The molecule has 2 rings (SSSR count). The zero-order valence-corrected chi connectivity index (χ0v) is 11.3. The molecule has 98 valence electrons. The van der Waals surface area contributed by atoms with Crippen LogP contribution in [0.2, 0.25) is 0 Å². The molecule has 1 nitrogen and oxygen atoms in total. The van der Waals surface area contributed by atoms with Crippen molar-refractivity contribution in [3.63, 3.8) is 0 Å². The maximum Gasteiger partial charge on any atom is 0.0615 e. The average Bonchev–Trinajstić information content (AvgIpc) is 2.36. The van der Waals surface area contributed by atoms with Gasteiger partial charge >= 0.3 is 0 Å². The fraction of sp³-hybridized carbons (Fsp3) is 0.875. The van der Waals surface area contributed by atoms with Gasteiger partial charge < -0.3 is 4.74 Å². The third kappa shape index (κ3) is 5.25. The highest BCUT2D eigenvalue weighted by molar-refractivity contribution is 5.07. The van der Waals surface area contributed by atoms with Crippen LogP contribution < -0.4 is 0 Å². The first kappa shape index (κ1) is 13.1. The van der Waals surface area contributed by atoms with E-state index in [-0.39, 0.29) is 0 Å². The number of hydrogen-bond acceptors (Lipinski definition) is 1. The van der Waals surface area contributed by atoms with Crippen LogP contribution in [0, 0.1) is 0 Å². The van der Waals surface area contributed by atoms with Gasteiger partial charge in [-0.2, -0.15) is 0 Å². The van der Waals surface area contributed by atoms with Gasteiger partial charge in [0.15, 0.2) is 0 Å². The van der Waals surface area contributed by atoms with Crippen molar-refractivity contribution in [2.24, 2.45) is 0 Å². The highest BCUT2D eigenvalue weighted by Crippen LogP contribution is 2.25. The second kappa shape index (κ2) is 7.92. The highest BCUT2D eigenvalue weighted by Gasteiger charge is 2.15. The molecular formula is C16H28O. The molecule has 1 aliphatic heterocycles. The van der Waals surface area contributed by atoms with E-state index in [1.165, 1.54) is 77.0 Å². The van der Waals surface area contributed by atoms with Gasteiger partial charge in [-0.05, 0) is 38.5 Å². The molecule has 0 aromatic heterocycles. The summed E-state index contributed by atoms with van der Waals surface area (Å²) in [6.45, 7) is 0.998. The van der Waals surface area contributed by atoms with Crippen LogP contribution in [0.1, 0.15) is 77.0 Å². The van der Waals surface area contributed by atoms with Gasteiger partial charge in [0.25, 0.3) is 0 Å². The molecule has 2 bridgehead atoms. The minimum Gasteiger partial charge on any atom is -0.378 e. The van der Waals surface area contributed by atoms with Gasteiger partial charge in [-0.1, -0.05) is 50.2 Å². The van der Waals surface area contributed by atoms with Crippen molar-refractivity contribution in [1.82, 2.24) is 0 Å². The van der Waals surface area contributed by atoms with Crippen LogP contribution in [0.25, 0.3) is 0 Å². The summed E-state index contributed by atoms with van der Waals surface area (Å²) in [5.74, 6) is 0. The first-order chi connectivity index (χ1) is 8.45. The van der Waals surface area contributed by atoms with E-state index in [0.29, 0.717) is 6.10 Å². The molecule has 1 unspecified atom stereocenters. The van der Waals surface area contributed by atoms with Crippen molar-refractivity contribution >= 4 is 0 Å². The molecule has 17 heavy (non-hydrogen) atoms. The van der Waals surface area contributed by atoms with Crippen LogP contribution in [0.15, 0.2) is 11.6 Å². The minimum absolute atomic E-state index is 0.540. The largest absolute Gasteiger partial charge is 0.378 e. The lowest BCUT2D eigenvalue weighted by Crippen LogP contribution is -2.17. The molecular weight excluding hydrogens is 208 g/mol. The first-order valence-corrected chi connectivity index (χ1v) is 7.74. The van der Waals surface area contributed by atoms with Gasteiger partial charge in [-0.15, -0.1) is 0 Å². The summed E-state index contributed by atoms with van der Waals surface area (Å²) >= 11 is 0. The summed E-state index contributed by atoms with van der Waals surface area (Å²) in [4.78, 5) is 0. The Hall–Kier alpha value is -0.300. The normalized spacial score (nSPS) is 29.2. The smallest absolute Gasteiger partial charge is 0.0615 e. The summed E-state index contributed by atoms with van der Waals surface area (Å²) in [5.41, 5.74) is 1.68. The fourth-order valence-electron chi connectivity index (χ4n) is 3.06. The van der Waals surface area contributed by atoms with Gasteiger partial charge in [-0.3, -0.25) is 0 Å². The summed E-state index contributed by atoms with van der Waals surface area (Å²) in [6, 6.07) is 0. The van der Waals surface area contributed by atoms with E-state index in [9.17, 15) is 0 Å². The fourth-order valence-corrected chi connectivity index (χ4v) is 3.06. The predicted octanol–water partition coefficient (Wildman–Crippen LogP) is 5.01. The summed E-state index contributed by atoms with van der Waals surface area (Å²) in [7, 11) is 0.